The molecule has 2 saturated heterocycles. The molecule has 7 heteroatoms. The predicted octanol–water partition coefficient (Wildman–Crippen LogP) is 1.84. The number of hydrogen-bond acceptors (Lipinski definition) is 7. The van der Waals surface area contributed by atoms with E-state index >= 15 is 0 Å². The Kier molecular flexibility index (Phi) is 8.89. The SMILES string of the molecule is C=C1C(C)CC(CC)OC1CC1O[C@H](CC(O)CO)[C@H](OC)C1CC(=O)OC. The second kappa shape index (κ2) is 10.7. The van der Waals surface area contributed by atoms with Crippen molar-refractivity contribution in [1.82, 2.24) is 0 Å². The van der Waals surface area contributed by atoms with E-state index in [9.17, 15) is 15.0 Å². The van der Waals surface area contributed by atoms with Crippen LogP contribution in [0, 0.1) is 11.8 Å². The Hall–Kier alpha value is -0.990. The standard InChI is InChI=1S/C21H36O7/c1-6-15-7-12(2)13(3)17(27-15)10-18-16(9-20(24)25-4)21(26-5)19(28-18)8-14(23)11-22/h12,14-19,21-23H,3,6-11H2,1-2,4-5H3/t12?,14?,15?,16?,17?,18?,19-,21-/m1/s1. The summed E-state index contributed by atoms with van der Waals surface area (Å²) in [6, 6.07) is 0. The molecule has 2 rings (SSSR count). The van der Waals surface area contributed by atoms with E-state index in [0.29, 0.717) is 12.3 Å². The van der Waals surface area contributed by atoms with Crippen molar-refractivity contribution in [3.05, 3.63) is 12.2 Å². The molecule has 0 radical (unpaired) electrons. The summed E-state index contributed by atoms with van der Waals surface area (Å²) in [4.78, 5) is 12.0. The van der Waals surface area contributed by atoms with Crippen molar-refractivity contribution < 1.29 is 34.0 Å². The van der Waals surface area contributed by atoms with Gasteiger partial charge in [-0.05, 0) is 24.3 Å². The molecule has 6 unspecified atom stereocenters. The van der Waals surface area contributed by atoms with Gasteiger partial charge in [-0.2, -0.15) is 0 Å². The van der Waals surface area contributed by atoms with Gasteiger partial charge in [-0.15, -0.1) is 0 Å². The molecule has 0 spiro atoms. The van der Waals surface area contributed by atoms with Crippen LogP contribution in [0.25, 0.3) is 0 Å². The number of aliphatic hydroxyl groups is 2. The maximum atomic E-state index is 12.0. The summed E-state index contributed by atoms with van der Waals surface area (Å²) >= 11 is 0. The van der Waals surface area contributed by atoms with Crippen molar-refractivity contribution in [3.63, 3.8) is 0 Å². The maximum Gasteiger partial charge on any atom is 0.305 e. The monoisotopic (exact) mass is 400 g/mol. The topological polar surface area (TPSA) is 94.5 Å². The van der Waals surface area contributed by atoms with Gasteiger partial charge in [0.05, 0.1) is 56.8 Å². The molecule has 0 aromatic rings. The van der Waals surface area contributed by atoms with E-state index in [1.165, 1.54) is 7.11 Å². The van der Waals surface area contributed by atoms with Crippen LogP contribution in [0.2, 0.25) is 0 Å². The normalized spacial score (nSPS) is 37.1. The molecule has 0 aromatic heterocycles. The molecule has 8 atom stereocenters. The number of aliphatic hydroxyl groups excluding tert-OH is 2. The number of rotatable bonds is 9. The van der Waals surface area contributed by atoms with Gasteiger partial charge in [0.2, 0.25) is 0 Å². The van der Waals surface area contributed by atoms with Gasteiger partial charge in [0.1, 0.15) is 0 Å². The Morgan fingerprint density at radius 2 is 2.04 bits per heavy atom. The van der Waals surface area contributed by atoms with Crippen molar-refractivity contribution in [2.45, 2.75) is 82.6 Å². The zero-order chi connectivity index (χ0) is 20.8. The predicted molar refractivity (Wildman–Crippen MR) is 104 cm³/mol. The molecule has 28 heavy (non-hydrogen) atoms. The number of carbonyl (C=O) groups excluding carboxylic acids is 1. The summed E-state index contributed by atoms with van der Waals surface area (Å²) in [5, 5.41) is 19.1. The second-order valence-corrected chi connectivity index (χ2v) is 8.03. The highest BCUT2D eigenvalue weighted by molar-refractivity contribution is 5.69. The van der Waals surface area contributed by atoms with E-state index in [2.05, 4.69) is 20.4 Å². The fourth-order valence-electron chi connectivity index (χ4n) is 4.42. The Balaban J connectivity index is 2.17. The molecule has 162 valence electrons. The molecule has 2 fully saturated rings. The first kappa shape index (κ1) is 23.3. The third-order valence-electron chi connectivity index (χ3n) is 6.15. The van der Waals surface area contributed by atoms with Crippen molar-refractivity contribution in [3.8, 4) is 0 Å². The van der Waals surface area contributed by atoms with Gasteiger partial charge in [0.25, 0.3) is 0 Å². The van der Waals surface area contributed by atoms with Gasteiger partial charge < -0.3 is 29.2 Å². The van der Waals surface area contributed by atoms with Crippen LogP contribution >= 0.6 is 0 Å². The van der Waals surface area contributed by atoms with Crippen molar-refractivity contribution in [2.24, 2.45) is 11.8 Å². The zero-order valence-electron chi connectivity index (χ0n) is 17.5. The Morgan fingerprint density at radius 1 is 1.32 bits per heavy atom. The lowest BCUT2D eigenvalue weighted by atomic mass is 9.83. The van der Waals surface area contributed by atoms with Gasteiger partial charge in [-0.1, -0.05) is 20.4 Å². The van der Waals surface area contributed by atoms with Crippen molar-refractivity contribution in [2.75, 3.05) is 20.8 Å². The van der Waals surface area contributed by atoms with E-state index in [1.54, 1.807) is 7.11 Å². The van der Waals surface area contributed by atoms with Gasteiger partial charge in [-0.3, -0.25) is 4.79 Å². The number of ether oxygens (including phenoxy) is 4. The molecule has 2 aliphatic rings. The lowest BCUT2D eigenvalue weighted by Crippen LogP contribution is -2.38. The Bertz CT molecular complexity index is 523. The summed E-state index contributed by atoms with van der Waals surface area (Å²) in [7, 11) is 2.94. The van der Waals surface area contributed by atoms with E-state index in [1.807, 2.05) is 0 Å². The first-order valence-electron chi connectivity index (χ1n) is 10.2. The summed E-state index contributed by atoms with van der Waals surface area (Å²) in [5.74, 6) is -0.177. The molecule has 0 saturated carbocycles. The van der Waals surface area contributed by atoms with Crippen LogP contribution in [0.1, 0.15) is 46.0 Å². The highest BCUT2D eigenvalue weighted by atomic mass is 16.6. The molecular weight excluding hydrogens is 364 g/mol. The molecule has 2 N–H and O–H groups in total. The lowest BCUT2D eigenvalue weighted by Gasteiger charge is -2.37. The summed E-state index contributed by atoms with van der Waals surface area (Å²) in [6.07, 6.45) is 0.967. The Labute approximate surface area is 168 Å². The summed E-state index contributed by atoms with van der Waals surface area (Å²) < 4.78 is 23.0. The smallest absolute Gasteiger partial charge is 0.305 e. The van der Waals surface area contributed by atoms with Crippen LogP contribution in [-0.4, -0.2) is 73.6 Å². The molecular formula is C21H36O7. The third kappa shape index (κ3) is 5.54. The molecule has 2 aliphatic heterocycles. The molecule has 7 nitrogen and oxygen atoms in total. The van der Waals surface area contributed by atoms with Crippen molar-refractivity contribution >= 4 is 5.97 Å². The quantitative estimate of drug-likeness (QED) is 0.450. The van der Waals surface area contributed by atoms with Crippen LogP contribution < -0.4 is 0 Å². The van der Waals surface area contributed by atoms with Crippen LogP contribution in [0.15, 0.2) is 12.2 Å². The van der Waals surface area contributed by atoms with E-state index < -0.39 is 12.2 Å². The minimum absolute atomic E-state index is 0.141. The van der Waals surface area contributed by atoms with Gasteiger partial charge in [0.15, 0.2) is 0 Å². The highest BCUT2D eigenvalue weighted by Gasteiger charge is 2.47. The molecule has 0 aromatic carbocycles. The Morgan fingerprint density at radius 3 is 2.61 bits per heavy atom. The fourth-order valence-corrected chi connectivity index (χ4v) is 4.42. The van der Waals surface area contributed by atoms with Crippen LogP contribution in [0.4, 0.5) is 0 Å². The highest BCUT2D eigenvalue weighted by Crippen LogP contribution is 2.40. The van der Waals surface area contributed by atoms with E-state index in [0.717, 1.165) is 18.4 Å². The van der Waals surface area contributed by atoms with Gasteiger partial charge >= 0.3 is 5.97 Å². The molecule has 2 heterocycles. The molecule has 0 bridgehead atoms. The summed E-state index contributed by atoms with van der Waals surface area (Å²) in [5.41, 5.74) is 1.05. The number of methoxy groups -OCH3 is 2. The van der Waals surface area contributed by atoms with Gasteiger partial charge in [-0.25, -0.2) is 0 Å². The van der Waals surface area contributed by atoms with Crippen molar-refractivity contribution in [1.29, 1.82) is 0 Å². The number of carbonyl (C=O) groups is 1. The van der Waals surface area contributed by atoms with Crippen LogP contribution in [-0.2, 0) is 23.7 Å². The number of esters is 1. The third-order valence-corrected chi connectivity index (χ3v) is 6.15. The molecule has 0 amide bonds. The second-order valence-electron chi connectivity index (χ2n) is 8.03. The largest absolute Gasteiger partial charge is 0.469 e. The minimum atomic E-state index is -0.898. The fraction of sp³-hybridized carbons (Fsp3) is 0.857. The molecule has 0 aliphatic carbocycles. The zero-order valence-corrected chi connectivity index (χ0v) is 17.5. The van der Waals surface area contributed by atoms with Crippen LogP contribution in [0.3, 0.4) is 0 Å². The van der Waals surface area contributed by atoms with E-state index in [-0.39, 0.29) is 55.8 Å². The first-order chi connectivity index (χ1) is 13.3. The summed E-state index contributed by atoms with van der Waals surface area (Å²) in [6.45, 7) is 8.17. The maximum absolute atomic E-state index is 12.0. The average molecular weight is 401 g/mol. The first-order valence-corrected chi connectivity index (χ1v) is 10.2. The number of hydrogen-bond donors (Lipinski definition) is 2. The van der Waals surface area contributed by atoms with Crippen LogP contribution in [0.5, 0.6) is 0 Å². The lowest BCUT2D eigenvalue weighted by molar-refractivity contribution is -0.143. The minimum Gasteiger partial charge on any atom is -0.469 e. The average Bonchev–Trinajstić information content (AvgIpc) is 3.00. The van der Waals surface area contributed by atoms with E-state index in [4.69, 9.17) is 18.9 Å². The van der Waals surface area contributed by atoms with Gasteiger partial charge in [0, 0.05) is 25.9 Å².